The van der Waals surface area contributed by atoms with Crippen molar-refractivity contribution in [1.29, 1.82) is 0 Å². The number of nitrogens with one attached hydrogen (secondary N) is 1. The highest BCUT2D eigenvalue weighted by molar-refractivity contribution is 8.18. The number of carbonyl (C=O) groups is 2. The van der Waals surface area contributed by atoms with Crippen LogP contribution in [0.25, 0.3) is 6.08 Å². The molecule has 3 fully saturated rings. The Hall–Kier alpha value is -2.43. The number of aliphatic imine (C=N–C) groups is 1. The number of amides is 2. The number of hydrazine groups is 1. The maximum absolute atomic E-state index is 14.0. The van der Waals surface area contributed by atoms with Gasteiger partial charge in [-0.15, -0.1) is 0 Å². The summed E-state index contributed by atoms with van der Waals surface area (Å²) in [6, 6.07) is 4.37. The molecule has 0 radical (unpaired) electrons. The van der Waals surface area contributed by atoms with Crippen LogP contribution in [-0.2, 0) is 4.79 Å². The summed E-state index contributed by atoms with van der Waals surface area (Å²) in [6.07, 6.45) is 6.59. The van der Waals surface area contributed by atoms with Crippen molar-refractivity contribution in [3.63, 3.8) is 0 Å². The second-order valence-electron chi connectivity index (χ2n) is 8.76. The van der Waals surface area contributed by atoms with E-state index in [2.05, 4.69) is 15.3 Å². The number of rotatable bonds is 3. The van der Waals surface area contributed by atoms with Crippen molar-refractivity contribution in [3.8, 4) is 5.75 Å². The third-order valence-corrected chi connectivity index (χ3v) is 7.50. The number of nitrogens with zero attached hydrogens (tertiary/aromatic N) is 4. The van der Waals surface area contributed by atoms with Crippen LogP contribution in [0.1, 0.15) is 37.7 Å². The average molecular weight is 474 g/mol. The van der Waals surface area contributed by atoms with Gasteiger partial charge in [-0.25, -0.2) is 14.6 Å². The Balaban J connectivity index is 1.27. The Kier molecular flexibility index (Phi) is 6.66. The molecule has 3 saturated heterocycles. The molecule has 0 aliphatic carbocycles. The van der Waals surface area contributed by atoms with Crippen LogP contribution in [0.5, 0.6) is 5.75 Å². The first-order chi connectivity index (χ1) is 16.1. The van der Waals surface area contributed by atoms with Crippen LogP contribution in [0, 0.1) is 5.82 Å². The maximum Gasteiger partial charge on any atom is 0.415 e. The molecule has 8 nitrogen and oxygen atoms in total. The van der Waals surface area contributed by atoms with Crippen molar-refractivity contribution < 1.29 is 18.7 Å². The van der Waals surface area contributed by atoms with Crippen LogP contribution >= 0.6 is 11.8 Å². The van der Waals surface area contributed by atoms with E-state index in [0.29, 0.717) is 34.8 Å². The number of benzene rings is 1. The predicted molar refractivity (Wildman–Crippen MR) is 125 cm³/mol. The van der Waals surface area contributed by atoms with Gasteiger partial charge < -0.3 is 9.64 Å². The lowest BCUT2D eigenvalue weighted by Crippen LogP contribution is -2.45. The van der Waals surface area contributed by atoms with Crippen molar-refractivity contribution in [1.82, 2.24) is 20.2 Å². The molecule has 0 bridgehead atoms. The largest absolute Gasteiger partial charge is 0.415 e. The molecule has 0 aromatic heterocycles. The van der Waals surface area contributed by atoms with Crippen molar-refractivity contribution in [2.45, 2.75) is 38.1 Å². The van der Waals surface area contributed by atoms with Crippen molar-refractivity contribution >= 4 is 35.0 Å². The van der Waals surface area contributed by atoms with Gasteiger partial charge in [-0.1, -0.05) is 0 Å². The molecule has 4 heterocycles. The van der Waals surface area contributed by atoms with Gasteiger partial charge in [-0.05, 0) is 75.2 Å². The normalized spacial score (nSPS) is 25.2. The minimum atomic E-state index is -0.504. The quantitative estimate of drug-likeness (QED) is 0.676. The van der Waals surface area contributed by atoms with Crippen molar-refractivity contribution in [2.24, 2.45) is 4.99 Å². The van der Waals surface area contributed by atoms with Crippen molar-refractivity contribution in [3.05, 3.63) is 34.5 Å². The minimum absolute atomic E-state index is 0.107. The van der Waals surface area contributed by atoms with Crippen LogP contribution in [0.2, 0.25) is 0 Å². The maximum atomic E-state index is 14.0. The van der Waals surface area contributed by atoms with E-state index in [-0.39, 0.29) is 11.7 Å². The molecule has 4 aliphatic heterocycles. The predicted octanol–water partition coefficient (Wildman–Crippen LogP) is 3.07. The number of hydrogen-bond donors (Lipinski definition) is 1. The fourth-order valence-electron chi connectivity index (χ4n) is 4.69. The van der Waals surface area contributed by atoms with E-state index >= 15 is 0 Å². The van der Waals surface area contributed by atoms with Gasteiger partial charge in [-0.2, -0.15) is 4.99 Å². The van der Waals surface area contributed by atoms with E-state index < -0.39 is 11.9 Å². The smallest absolute Gasteiger partial charge is 0.409 e. The summed E-state index contributed by atoms with van der Waals surface area (Å²) in [5, 5.41) is 2.50. The zero-order valence-corrected chi connectivity index (χ0v) is 19.3. The molecule has 0 saturated carbocycles. The molecule has 4 aliphatic rings. The summed E-state index contributed by atoms with van der Waals surface area (Å²) in [4.78, 5) is 34.0. The average Bonchev–Trinajstić information content (AvgIpc) is 3.57. The molecular weight excluding hydrogens is 445 g/mol. The van der Waals surface area contributed by atoms with Gasteiger partial charge in [0, 0.05) is 43.9 Å². The highest BCUT2D eigenvalue weighted by Gasteiger charge is 2.33. The molecule has 0 spiro atoms. The highest BCUT2D eigenvalue weighted by atomic mass is 32.2. The summed E-state index contributed by atoms with van der Waals surface area (Å²) >= 11 is 1.27. The van der Waals surface area contributed by atoms with Gasteiger partial charge in [0.05, 0.1) is 4.91 Å². The zero-order valence-electron chi connectivity index (χ0n) is 18.5. The molecule has 2 amide bonds. The van der Waals surface area contributed by atoms with E-state index in [1.165, 1.54) is 42.8 Å². The zero-order chi connectivity index (χ0) is 22.8. The fraction of sp³-hybridized carbons (Fsp3) is 0.522. The summed E-state index contributed by atoms with van der Waals surface area (Å²) in [5.41, 5.74) is 3.71. The number of likely N-dealkylation sites (tertiary alicyclic amines) is 2. The first-order valence-electron chi connectivity index (χ1n) is 11.6. The van der Waals surface area contributed by atoms with Gasteiger partial charge in [0.15, 0.2) is 5.17 Å². The number of carbonyl (C=O) groups excluding carboxylic acids is 2. The molecule has 0 unspecified atom stereocenters. The standard InChI is InChI=1S/C23H28FN5O3S/c24-17-6-5-16(13-20-21(30)26-22(33-20)29-11-2-1-8-25-29)19(14-17)32-23(31)28-12-7-18(15-28)27-9-3-4-10-27/h5-6,13-14,18,25H,1-4,7-12,15H2/t18-/m0/s1. The van der Waals surface area contributed by atoms with Crippen LogP contribution < -0.4 is 10.2 Å². The topological polar surface area (TPSA) is 77.5 Å². The lowest BCUT2D eigenvalue weighted by atomic mass is 10.2. The fourth-order valence-corrected chi connectivity index (χ4v) is 5.60. The Morgan fingerprint density at radius 3 is 2.79 bits per heavy atom. The molecule has 1 atom stereocenters. The Labute approximate surface area is 196 Å². The molecular formula is C23H28FN5O3S. The van der Waals surface area contributed by atoms with Gasteiger partial charge in [0.25, 0.3) is 5.91 Å². The van der Waals surface area contributed by atoms with Gasteiger partial charge in [0.2, 0.25) is 0 Å². The summed E-state index contributed by atoms with van der Waals surface area (Å²) < 4.78 is 19.6. The molecule has 5 rings (SSSR count). The number of thioether (sulfide) groups is 1. The Morgan fingerprint density at radius 1 is 1.18 bits per heavy atom. The second-order valence-corrected chi connectivity index (χ2v) is 9.77. The van der Waals surface area contributed by atoms with E-state index in [0.717, 1.165) is 45.4 Å². The van der Waals surface area contributed by atoms with Gasteiger partial charge in [0.1, 0.15) is 11.6 Å². The van der Waals surface area contributed by atoms with Crippen LogP contribution in [0.4, 0.5) is 9.18 Å². The summed E-state index contributed by atoms with van der Waals surface area (Å²) in [7, 11) is 0. The van der Waals surface area contributed by atoms with Gasteiger partial charge in [-0.3, -0.25) is 14.7 Å². The van der Waals surface area contributed by atoms with E-state index in [4.69, 9.17) is 4.74 Å². The number of amidine groups is 1. The lowest BCUT2D eigenvalue weighted by molar-refractivity contribution is -0.113. The minimum Gasteiger partial charge on any atom is -0.409 e. The molecule has 1 aromatic carbocycles. The van der Waals surface area contributed by atoms with Crippen molar-refractivity contribution in [2.75, 3.05) is 39.3 Å². The summed E-state index contributed by atoms with van der Waals surface area (Å²) in [6.45, 7) is 5.05. The molecule has 1 N–H and O–H groups in total. The number of hydrogen-bond acceptors (Lipinski definition) is 7. The third-order valence-electron chi connectivity index (χ3n) is 6.49. The Morgan fingerprint density at radius 2 is 2.00 bits per heavy atom. The number of ether oxygens (including phenoxy) is 1. The highest BCUT2D eigenvalue weighted by Crippen LogP contribution is 2.33. The third kappa shape index (κ3) is 5.07. The SMILES string of the molecule is O=C1N=C(N2CCCCN2)SC1=Cc1ccc(F)cc1OC(=O)N1CC[C@H](N2CCCC2)C1. The van der Waals surface area contributed by atoms with E-state index in [1.54, 1.807) is 11.0 Å². The second kappa shape index (κ2) is 9.82. The first-order valence-corrected chi connectivity index (χ1v) is 12.4. The monoisotopic (exact) mass is 473 g/mol. The molecule has 33 heavy (non-hydrogen) atoms. The molecule has 10 heteroatoms. The number of halogens is 1. The van der Waals surface area contributed by atoms with E-state index in [1.807, 2.05) is 5.01 Å². The van der Waals surface area contributed by atoms with Crippen LogP contribution in [0.15, 0.2) is 28.1 Å². The lowest BCUT2D eigenvalue weighted by Gasteiger charge is -2.28. The summed E-state index contributed by atoms with van der Waals surface area (Å²) in [5.74, 6) is -0.747. The van der Waals surface area contributed by atoms with Gasteiger partial charge >= 0.3 is 6.09 Å². The van der Waals surface area contributed by atoms with Crippen LogP contribution in [0.3, 0.4) is 0 Å². The van der Waals surface area contributed by atoms with E-state index in [9.17, 15) is 14.0 Å². The van der Waals surface area contributed by atoms with Crippen LogP contribution in [-0.4, -0.2) is 77.3 Å². The molecule has 176 valence electrons. The molecule has 1 aromatic rings. The first kappa shape index (κ1) is 22.4. The Bertz CT molecular complexity index is 988.